The number of carbonyl (C=O) groups excluding carboxylic acids is 1. The van der Waals surface area contributed by atoms with E-state index in [1.165, 1.54) is 11.8 Å². The molecule has 1 amide bonds. The number of nitrogens with one attached hydrogen (secondary N) is 2. The molecule has 134 valence electrons. The van der Waals surface area contributed by atoms with E-state index in [9.17, 15) is 26.4 Å². The lowest BCUT2D eigenvalue weighted by Gasteiger charge is -2.29. The van der Waals surface area contributed by atoms with Crippen LogP contribution in [0.15, 0.2) is 29.2 Å². The predicted octanol–water partition coefficient (Wildman–Crippen LogP) is 0.804. The van der Waals surface area contributed by atoms with Crippen LogP contribution in [0, 0.1) is 0 Å². The molecular formula is C14H18F3N3O3S. The molecule has 0 aliphatic carbocycles. The van der Waals surface area contributed by atoms with Gasteiger partial charge in [-0.05, 0) is 25.1 Å². The third kappa shape index (κ3) is 4.46. The fourth-order valence-corrected chi connectivity index (χ4v) is 3.59. The van der Waals surface area contributed by atoms with Crippen molar-refractivity contribution >= 4 is 15.9 Å². The summed E-state index contributed by atoms with van der Waals surface area (Å²) >= 11 is 0. The van der Waals surface area contributed by atoms with Crippen molar-refractivity contribution < 1.29 is 26.4 Å². The highest BCUT2D eigenvalue weighted by Crippen LogP contribution is 2.30. The van der Waals surface area contributed by atoms with Gasteiger partial charge in [-0.3, -0.25) is 4.79 Å². The fourth-order valence-electron chi connectivity index (χ4n) is 2.35. The van der Waals surface area contributed by atoms with Crippen LogP contribution in [0.4, 0.5) is 13.2 Å². The largest absolute Gasteiger partial charge is 0.416 e. The number of halogens is 3. The van der Waals surface area contributed by atoms with E-state index in [2.05, 4.69) is 10.0 Å². The standard InChI is InChI=1S/C14H18F3N3O3S/c1-10(13(21)20-7-5-18-6-8-20)19-24(22,23)12-4-2-3-11(9-12)14(15,16)17/h2-4,9-10,18-19H,5-8H2,1H3. The van der Waals surface area contributed by atoms with Crippen LogP contribution in [-0.2, 0) is 21.0 Å². The number of carbonyl (C=O) groups is 1. The highest BCUT2D eigenvalue weighted by atomic mass is 32.2. The Kier molecular flexibility index (Phi) is 5.51. The van der Waals surface area contributed by atoms with Crippen LogP contribution in [-0.4, -0.2) is 51.4 Å². The highest BCUT2D eigenvalue weighted by Gasteiger charge is 2.32. The van der Waals surface area contributed by atoms with Crippen molar-refractivity contribution in [2.45, 2.75) is 24.0 Å². The second-order valence-electron chi connectivity index (χ2n) is 5.44. The molecule has 1 fully saturated rings. The third-order valence-electron chi connectivity index (χ3n) is 3.60. The van der Waals surface area contributed by atoms with E-state index in [1.807, 2.05) is 0 Å². The number of amides is 1. The van der Waals surface area contributed by atoms with Crippen molar-refractivity contribution in [1.29, 1.82) is 0 Å². The van der Waals surface area contributed by atoms with Crippen LogP contribution < -0.4 is 10.0 Å². The number of alkyl halides is 3. The smallest absolute Gasteiger partial charge is 0.339 e. The van der Waals surface area contributed by atoms with Gasteiger partial charge >= 0.3 is 6.18 Å². The molecule has 0 spiro atoms. The molecule has 1 aromatic carbocycles. The number of sulfonamides is 1. The van der Waals surface area contributed by atoms with E-state index in [4.69, 9.17) is 0 Å². The van der Waals surface area contributed by atoms with Crippen molar-refractivity contribution in [1.82, 2.24) is 14.9 Å². The minimum atomic E-state index is -4.65. The van der Waals surface area contributed by atoms with Gasteiger partial charge in [0, 0.05) is 26.2 Å². The molecule has 2 rings (SSSR count). The molecule has 0 aromatic heterocycles. The summed E-state index contributed by atoms with van der Waals surface area (Å²) in [6, 6.07) is 2.33. The van der Waals surface area contributed by atoms with Crippen LogP contribution in [0.2, 0.25) is 0 Å². The van der Waals surface area contributed by atoms with Gasteiger partial charge in [0.25, 0.3) is 0 Å². The van der Waals surface area contributed by atoms with E-state index in [-0.39, 0.29) is 0 Å². The van der Waals surface area contributed by atoms with E-state index >= 15 is 0 Å². The van der Waals surface area contributed by atoms with Crippen LogP contribution in [0.25, 0.3) is 0 Å². The molecule has 1 saturated heterocycles. The molecule has 6 nitrogen and oxygen atoms in total. The van der Waals surface area contributed by atoms with E-state index in [0.717, 1.165) is 18.2 Å². The Balaban J connectivity index is 2.14. The molecule has 1 heterocycles. The normalized spacial score (nSPS) is 17.6. The zero-order chi connectivity index (χ0) is 18.0. The predicted molar refractivity (Wildman–Crippen MR) is 80.7 cm³/mol. The number of hydrogen-bond donors (Lipinski definition) is 2. The first-order valence-electron chi connectivity index (χ1n) is 7.30. The molecule has 1 aromatic rings. The fraction of sp³-hybridized carbons (Fsp3) is 0.500. The van der Waals surface area contributed by atoms with Crippen molar-refractivity contribution in [3.63, 3.8) is 0 Å². The molecule has 1 aliphatic heterocycles. The van der Waals surface area contributed by atoms with E-state index in [1.54, 1.807) is 0 Å². The minimum Gasteiger partial charge on any atom is -0.339 e. The zero-order valence-electron chi connectivity index (χ0n) is 12.9. The van der Waals surface area contributed by atoms with Gasteiger partial charge in [0.1, 0.15) is 0 Å². The van der Waals surface area contributed by atoms with Gasteiger partial charge in [0.05, 0.1) is 16.5 Å². The Labute approximate surface area is 138 Å². The third-order valence-corrected chi connectivity index (χ3v) is 5.14. The summed E-state index contributed by atoms with van der Waals surface area (Å²) in [5, 5.41) is 3.06. The van der Waals surface area contributed by atoms with Crippen LogP contribution in [0.1, 0.15) is 12.5 Å². The maximum Gasteiger partial charge on any atom is 0.416 e. The summed E-state index contributed by atoms with van der Waals surface area (Å²) in [5.74, 6) is -0.410. The lowest BCUT2D eigenvalue weighted by atomic mass is 10.2. The SMILES string of the molecule is CC(NS(=O)(=O)c1cccc(C(F)(F)F)c1)C(=O)N1CCNCC1. The van der Waals surface area contributed by atoms with Gasteiger partial charge in [-0.15, -0.1) is 0 Å². The molecule has 10 heteroatoms. The van der Waals surface area contributed by atoms with Gasteiger partial charge in [-0.1, -0.05) is 6.07 Å². The average Bonchev–Trinajstić information content (AvgIpc) is 2.54. The number of rotatable bonds is 4. The topological polar surface area (TPSA) is 78.5 Å². The first kappa shape index (κ1) is 18.7. The molecule has 1 unspecified atom stereocenters. The second-order valence-corrected chi connectivity index (χ2v) is 7.16. The maximum atomic E-state index is 12.7. The minimum absolute atomic E-state index is 0.410. The van der Waals surface area contributed by atoms with Gasteiger partial charge in [0.15, 0.2) is 0 Å². The molecule has 0 bridgehead atoms. The van der Waals surface area contributed by atoms with Gasteiger partial charge < -0.3 is 10.2 Å². The Morgan fingerprint density at radius 3 is 2.50 bits per heavy atom. The van der Waals surface area contributed by atoms with Gasteiger partial charge in [0.2, 0.25) is 15.9 Å². The van der Waals surface area contributed by atoms with E-state index in [0.29, 0.717) is 32.2 Å². The lowest BCUT2D eigenvalue weighted by molar-refractivity contribution is -0.137. The first-order valence-corrected chi connectivity index (χ1v) is 8.79. The quantitative estimate of drug-likeness (QED) is 0.828. The Hall–Kier alpha value is -1.65. The summed E-state index contributed by atoms with van der Waals surface area (Å²) in [6.45, 7) is 3.50. The van der Waals surface area contributed by atoms with Crippen LogP contribution in [0.5, 0.6) is 0 Å². The molecule has 0 radical (unpaired) electrons. The number of nitrogens with zero attached hydrogens (tertiary/aromatic N) is 1. The number of hydrogen-bond acceptors (Lipinski definition) is 4. The molecule has 24 heavy (non-hydrogen) atoms. The van der Waals surface area contributed by atoms with Crippen molar-refractivity contribution in [2.24, 2.45) is 0 Å². The monoisotopic (exact) mass is 365 g/mol. The summed E-state index contributed by atoms with van der Waals surface area (Å²) in [4.78, 5) is 13.2. The Morgan fingerprint density at radius 1 is 1.29 bits per heavy atom. The van der Waals surface area contributed by atoms with Gasteiger partial charge in [-0.25, -0.2) is 8.42 Å². The van der Waals surface area contributed by atoms with Crippen molar-refractivity contribution in [3.05, 3.63) is 29.8 Å². The molecule has 1 aliphatic rings. The maximum absolute atomic E-state index is 12.7. The van der Waals surface area contributed by atoms with Crippen LogP contribution >= 0.6 is 0 Å². The van der Waals surface area contributed by atoms with Crippen molar-refractivity contribution in [2.75, 3.05) is 26.2 Å². The molecule has 0 saturated carbocycles. The van der Waals surface area contributed by atoms with Crippen molar-refractivity contribution in [3.8, 4) is 0 Å². The average molecular weight is 365 g/mol. The Bertz CT molecular complexity index is 701. The van der Waals surface area contributed by atoms with Crippen LogP contribution in [0.3, 0.4) is 0 Å². The highest BCUT2D eigenvalue weighted by molar-refractivity contribution is 7.89. The zero-order valence-corrected chi connectivity index (χ0v) is 13.7. The summed E-state index contributed by atoms with van der Waals surface area (Å²) in [7, 11) is -4.24. The summed E-state index contributed by atoms with van der Waals surface area (Å²) in [5.41, 5.74) is -1.06. The molecule has 2 N–H and O–H groups in total. The summed E-state index contributed by atoms with van der Waals surface area (Å²) in [6.07, 6.45) is -4.65. The van der Waals surface area contributed by atoms with Gasteiger partial charge in [-0.2, -0.15) is 17.9 Å². The number of benzene rings is 1. The lowest BCUT2D eigenvalue weighted by Crippen LogP contribution is -2.53. The van der Waals surface area contributed by atoms with E-state index < -0.39 is 38.6 Å². The molecular weight excluding hydrogens is 347 g/mol. The summed E-state index contributed by atoms with van der Waals surface area (Å²) < 4.78 is 64.8. The number of piperazine rings is 1. The Morgan fingerprint density at radius 2 is 1.92 bits per heavy atom. The first-order chi connectivity index (χ1) is 11.1. The molecule has 1 atom stereocenters. The second kappa shape index (κ2) is 7.08.